The van der Waals surface area contributed by atoms with Crippen LogP contribution in [0.1, 0.15) is 27.2 Å². The van der Waals surface area contributed by atoms with Gasteiger partial charge in [0, 0.05) is 13.2 Å². The van der Waals surface area contributed by atoms with Crippen LogP contribution in [0.3, 0.4) is 0 Å². The summed E-state index contributed by atoms with van der Waals surface area (Å²) in [5, 5.41) is 11.5. The van der Waals surface area contributed by atoms with Gasteiger partial charge in [-0.15, -0.1) is 0 Å². The summed E-state index contributed by atoms with van der Waals surface area (Å²) in [6, 6.07) is -0.625. The van der Waals surface area contributed by atoms with Gasteiger partial charge in [-0.2, -0.15) is 0 Å². The molecule has 100 valence electrons. The maximum atomic E-state index is 11.9. The van der Waals surface area contributed by atoms with Crippen molar-refractivity contribution >= 4 is 12.0 Å². The van der Waals surface area contributed by atoms with Gasteiger partial charge >= 0.3 is 12.0 Å². The second kappa shape index (κ2) is 7.89. The van der Waals surface area contributed by atoms with E-state index in [0.717, 1.165) is 6.42 Å². The number of amides is 2. The molecule has 0 aromatic rings. The molecule has 17 heavy (non-hydrogen) atoms. The molecule has 0 aliphatic heterocycles. The van der Waals surface area contributed by atoms with Gasteiger partial charge < -0.3 is 20.1 Å². The molecule has 0 fully saturated rings. The van der Waals surface area contributed by atoms with Gasteiger partial charge in [0.15, 0.2) is 0 Å². The first-order chi connectivity index (χ1) is 7.92. The number of nitrogens with zero attached hydrogens (tertiary/aromatic N) is 1. The Balaban J connectivity index is 4.45. The fourth-order valence-corrected chi connectivity index (χ4v) is 1.35. The minimum atomic E-state index is -1.02. The van der Waals surface area contributed by atoms with Crippen LogP contribution in [-0.2, 0) is 9.53 Å². The van der Waals surface area contributed by atoms with Crippen molar-refractivity contribution in [2.45, 2.75) is 39.3 Å². The van der Waals surface area contributed by atoms with E-state index in [-0.39, 0.29) is 24.7 Å². The molecule has 1 unspecified atom stereocenters. The van der Waals surface area contributed by atoms with E-state index in [2.05, 4.69) is 5.32 Å². The molecule has 1 atom stereocenters. The van der Waals surface area contributed by atoms with Gasteiger partial charge in [0.25, 0.3) is 0 Å². The molecule has 0 radical (unpaired) electrons. The number of carbonyl (C=O) groups excluding carboxylic acids is 1. The highest BCUT2D eigenvalue weighted by molar-refractivity contribution is 5.80. The van der Waals surface area contributed by atoms with Gasteiger partial charge in [-0.25, -0.2) is 4.79 Å². The molecule has 2 amide bonds. The Kier molecular flexibility index (Phi) is 7.29. The molecule has 0 aromatic carbocycles. The van der Waals surface area contributed by atoms with E-state index in [1.165, 1.54) is 4.90 Å². The third-order valence-electron chi connectivity index (χ3n) is 2.38. The number of carbonyl (C=O) groups is 2. The van der Waals surface area contributed by atoms with Gasteiger partial charge in [0.1, 0.15) is 6.54 Å². The van der Waals surface area contributed by atoms with Crippen LogP contribution in [0.25, 0.3) is 0 Å². The fourth-order valence-electron chi connectivity index (χ4n) is 1.35. The second-order valence-corrected chi connectivity index (χ2v) is 4.13. The summed E-state index contributed by atoms with van der Waals surface area (Å²) in [5.74, 6) is -1.02. The molecule has 2 N–H and O–H groups in total. The predicted molar refractivity (Wildman–Crippen MR) is 64.0 cm³/mol. The van der Waals surface area contributed by atoms with Crippen LogP contribution in [0.2, 0.25) is 0 Å². The van der Waals surface area contributed by atoms with Gasteiger partial charge in [0.05, 0.1) is 12.6 Å². The van der Waals surface area contributed by atoms with Gasteiger partial charge in [0.2, 0.25) is 0 Å². The number of urea groups is 1. The van der Waals surface area contributed by atoms with Crippen molar-refractivity contribution in [2.75, 3.05) is 20.3 Å². The van der Waals surface area contributed by atoms with Gasteiger partial charge in [-0.1, -0.05) is 6.92 Å². The standard InChI is InChI=1S/C11H22N2O4/c1-5-9(7-17-4)12-11(16)13(8(2)3)6-10(14)15/h8-9H,5-7H2,1-4H3,(H,12,16)(H,14,15). The van der Waals surface area contributed by atoms with Gasteiger partial charge in [-0.3, -0.25) is 4.79 Å². The Morgan fingerprint density at radius 2 is 2.00 bits per heavy atom. The highest BCUT2D eigenvalue weighted by Gasteiger charge is 2.21. The lowest BCUT2D eigenvalue weighted by atomic mass is 10.2. The quantitative estimate of drug-likeness (QED) is 0.700. The van der Waals surface area contributed by atoms with E-state index >= 15 is 0 Å². The molecule has 0 aliphatic carbocycles. The number of nitrogens with one attached hydrogen (secondary N) is 1. The molecule has 6 nitrogen and oxygen atoms in total. The molecule has 0 rings (SSSR count). The lowest BCUT2D eigenvalue weighted by Crippen LogP contribution is -2.50. The maximum Gasteiger partial charge on any atom is 0.323 e. The van der Waals surface area contributed by atoms with Crippen molar-refractivity contribution < 1.29 is 19.4 Å². The minimum Gasteiger partial charge on any atom is -0.480 e. The number of hydrogen-bond acceptors (Lipinski definition) is 3. The van der Waals surface area contributed by atoms with Crippen molar-refractivity contribution in [3.63, 3.8) is 0 Å². The summed E-state index contributed by atoms with van der Waals surface area (Å²) in [4.78, 5) is 23.8. The van der Waals surface area contributed by atoms with E-state index in [1.807, 2.05) is 6.92 Å². The number of rotatable bonds is 7. The molecule has 0 spiro atoms. The zero-order chi connectivity index (χ0) is 13.4. The van der Waals surface area contributed by atoms with Crippen LogP contribution < -0.4 is 5.32 Å². The molecular formula is C11H22N2O4. The Bertz CT molecular complexity index is 256. The molecule has 6 heteroatoms. The first-order valence-electron chi connectivity index (χ1n) is 5.70. The summed E-state index contributed by atoms with van der Waals surface area (Å²) in [5.41, 5.74) is 0. The Morgan fingerprint density at radius 1 is 1.41 bits per heavy atom. The molecule has 0 heterocycles. The lowest BCUT2D eigenvalue weighted by molar-refractivity contribution is -0.138. The molecule has 0 saturated heterocycles. The van der Waals surface area contributed by atoms with Crippen molar-refractivity contribution in [1.82, 2.24) is 10.2 Å². The number of methoxy groups -OCH3 is 1. The van der Waals surface area contributed by atoms with E-state index in [4.69, 9.17) is 9.84 Å². The molecule has 0 aliphatic rings. The number of ether oxygens (including phenoxy) is 1. The highest BCUT2D eigenvalue weighted by Crippen LogP contribution is 2.01. The normalized spacial score (nSPS) is 12.3. The summed E-state index contributed by atoms with van der Waals surface area (Å²) in [6.07, 6.45) is 0.735. The summed E-state index contributed by atoms with van der Waals surface area (Å²) in [7, 11) is 1.56. The van der Waals surface area contributed by atoms with Crippen molar-refractivity contribution in [2.24, 2.45) is 0 Å². The van der Waals surface area contributed by atoms with Crippen LogP contribution in [0.15, 0.2) is 0 Å². The Hall–Kier alpha value is -1.30. The largest absolute Gasteiger partial charge is 0.480 e. The van der Waals surface area contributed by atoms with E-state index < -0.39 is 5.97 Å². The zero-order valence-corrected chi connectivity index (χ0v) is 10.9. The molecule has 0 bridgehead atoms. The third kappa shape index (κ3) is 6.11. The first-order valence-corrected chi connectivity index (χ1v) is 5.70. The van der Waals surface area contributed by atoms with Crippen LogP contribution in [0.5, 0.6) is 0 Å². The topological polar surface area (TPSA) is 78.9 Å². The van der Waals surface area contributed by atoms with E-state index in [1.54, 1.807) is 21.0 Å². The van der Waals surface area contributed by atoms with Crippen molar-refractivity contribution in [3.05, 3.63) is 0 Å². The number of carboxylic acids is 1. The predicted octanol–water partition coefficient (Wildman–Crippen LogP) is 0.916. The zero-order valence-electron chi connectivity index (χ0n) is 10.9. The number of carboxylic acid groups (broad SMARTS) is 1. The van der Waals surface area contributed by atoms with E-state index in [9.17, 15) is 9.59 Å². The number of hydrogen-bond donors (Lipinski definition) is 2. The SMILES string of the molecule is CCC(COC)NC(=O)N(CC(=O)O)C(C)C. The third-order valence-corrected chi connectivity index (χ3v) is 2.38. The Labute approximate surface area is 102 Å². The summed E-state index contributed by atoms with van der Waals surface area (Å²) in [6.45, 7) is 5.61. The monoisotopic (exact) mass is 246 g/mol. The van der Waals surface area contributed by atoms with Crippen LogP contribution >= 0.6 is 0 Å². The summed E-state index contributed by atoms with van der Waals surface area (Å²) >= 11 is 0. The minimum absolute atomic E-state index is 0.0949. The molecule has 0 aromatic heterocycles. The maximum absolute atomic E-state index is 11.9. The van der Waals surface area contributed by atoms with Crippen molar-refractivity contribution in [3.8, 4) is 0 Å². The molecular weight excluding hydrogens is 224 g/mol. The van der Waals surface area contributed by atoms with Crippen LogP contribution in [0.4, 0.5) is 4.79 Å². The Morgan fingerprint density at radius 3 is 2.35 bits per heavy atom. The average Bonchev–Trinajstić information content (AvgIpc) is 2.24. The fraction of sp³-hybridized carbons (Fsp3) is 0.818. The van der Waals surface area contributed by atoms with Crippen molar-refractivity contribution in [1.29, 1.82) is 0 Å². The average molecular weight is 246 g/mol. The lowest BCUT2D eigenvalue weighted by Gasteiger charge is -2.27. The second-order valence-electron chi connectivity index (χ2n) is 4.13. The van der Waals surface area contributed by atoms with Gasteiger partial charge in [-0.05, 0) is 20.3 Å². The van der Waals surface area contributed by atoms with E-state index in [0.29, 0.717) is 6.61 Å². The highest BCUT2D eigenvalue weighted by atomic mass is 16.5. The van der Waals surface area contributed by atoms with Crippen LogP contribution in [0, 0.1) is 0 Å². The van der Waals surface area contributed by atoms with Crippen LogP contribution in [-0.4, -0.2) is 54.4 Å². The number of aliphatic carboxylic acids is 1. The molecule has 0 saturated carbocycles. The first kappa shape index (κ1) is 15.7. The smallest absolute Gasteiger partial charge is 0.323 e. The summed E-state index contributed by atoms with van der Waals surface area (Å²) < 4.78 is 4.97.